The number of hydrogen-bond acceptors (Lipinski definition) is 3. The molecule has 2 aromatic carbocycles. The number of hydrogen-bond donors (Lipinski definition) is 1. The second-order valence-electron chi connectivity index (χ2n) is 8.22. The van der Waals surface area contributed by atoms with Crippen molar-refractivity contribution in [2.24, 2.45) is 0 Å². The van der Waals surface area contributed by atoms with Crippen LogP contribution in [0.25, 0.3) is 11.8 Å². The van der Waals surface area contributed by atoms with E-state index in [1.165, 1.54) is 4.90 Å². The Labute approximate surface area is 203 Å². The predicted molar refractivity (Wildman–Crippen MR) is 137 cm³/mol. The van der Waals surface area contributed by atoms with E-state index < -0.39 is 11.8 Å². The minimum atomic E-state index is -0.504. The molecule has 0 radical (unpaired) electrons. The van der Waals surface area contributed by atoms with Crippen molar-refractivity contribution in [1.82, 2.24) is 9.88 Å². The van der Waals surface area contributed by atoms with Gasteiger partial charge in [-0.3, -0.25) is 19.8 Å². The Morgan fingerprint density at radius 3 is 2.33 bits per heavy atom. The first-order valence-electron chi connectivity index (χ1n) is 10.5. The molecule has 33 heavy (non-hydrogen) atoms. The summed E-state index contributed by atoms with van der Waals surface area (Å²) in [6.45, 7) is 9.81. The van der Waals surface area contributed by atoms with Gasteiger partial charge in [0.15, 0.2) is 5.11 Å². The highest BCUT2D eigenvalue weighted by Crippen LogP contribution is 2.30. The second kappa shape index (κ2) is 8.61. The van der Waals surface area contributed by atoms with E-state index in [0.29, 0.717) is 10.7 Å². The topological polar surface area (TPSA) is 54.3 Å². The number of aryl methyl sites for hydroxylation is 2. The van der Waals surface area contributed by atoms with E-state index in [0.717, 1.165) is 39.3 Å². The predicted octanol–water partition coefficient (Wildman–Crippen LogP) is 5.50. The number of amides is 2. The van der Waals surface area contributed by atoms with E-state index in [-0.39, 0.29) is 10.7 Å². The van der Waals surface area contributed by atoms with E-state index in [9.17, 15) is 9.59 Å². The lowest BCUT2D eigenvalue weighted by molar-refractivity contribution is -0.122. The highest BCUT2D eigenvalue weighted by Gasteiger charge is 2.35. The van der Waals surface area contributed by atoms with Gasteiger partial charge in [0, 0.05) is 22.1 Å². The lowest BCUT2D eigenvalue weighted by atomic mass is 10.0. The van der Waals surface area contributed by atoms with Crippen molar-refractivity contribution >= 4 is 52.5 Å². The first kappa shape index (κ1) is 23.0. The number of halogens is 1. The molecule has 0 aliphatic carbocycles. The van der Waals surface area contributed by atoms with Crippen molar-refractivity contribution in [3.63, 3.8) is 0 Å². The molecule has 0 spiro atoms. The third kappa shape index (κ3) is 3.90. The van der Waals surface area contributed by atoms with Gasteiger partial charge in [-0.1, -0.05) is 29.8 Å². The van der Waals surface area contributed by atoms with Crippen molar-refractivity contribution in [3.8, 4) is 5.69 Å². The molecule has 3 aromatic rings. The third-order valence-electron chi connectivity index (χ3n) is 6.17. The molecule has 2 heterocycles. The van der Waals surface area contributed by atoms with Crippen LogP contribution in [-0.2, 0) is 9.59 Å². The fourth-order valence-electron chi connectivity index (χ4n) is 4.15. The number of carbonyl (C=O) groups is 2. The number of thiocarbonyl (C=S) groups is 1. The van der Waals surface area contributed by atoms with E-state index >= 15 is 0 Å². The Kier molecular flexibility index (Phi) is 5.99. The summed E-state index contributed by atoms with van der Waals surface area (Å²) in [7, 11) is 0. The maximum atomic E-state index is 13.5. The maximum absolute atomic E-state index is 13.5. The molecule has 1 aromatic heterocycles. The van der Waals surface area contributed by atoms with Gasteiger partial charge in [0.25, 0.3) is 11.8 Å². The van der Waals surface area contributed by atoms with Crippen molar-refractivity contribution in [1.29, 1.82) is 0 Å². The minimum Gasteiger partial charge on any atom is -0.318 e. The average Bonchev–Trinajstić information content (AvgIpc) is 3.03. The smallest absolute Gasteiger partial charge is 0.270 e. The largest absolute Gasteiger partial charge is 0.318 e. The van der Waals surface area contributed by atoms with Gasteiger partial charge in [0.2, 0.25) is 0 Å². The lowest BCUT2D eigenvalue weighted by Crippen LogP contribution is -2.54. The molecule has 2 amide bonds. The van der Waals surface area contributed by atoms with Crippen LogP contribution in [0.2, 0.25) is 5.02 Å². The van der Waals surface area contributed by atoms with E-state index in [1.807, 2.05) is 77.1 Å². The van der Waals surface area contributed by atoms with Gasteiger partial charge >= 0.3 is 0 Å². The van der Waals surface area contributed by atoms with Crippen LogP contribution in [0.5, 0.6) is 0 Å². The van der Waals surface area contributed by atoms with Crippen LogP contribution >= 0.6 is 23.8 Å². The summed E-state index contributed by atoms with van der Waals surface area (Å²) in [6, 6.07) is 13.4. The molecule has 1 N–H and O–H groups in total. The van der Waals surface area contributed by atoms with Crippen molar-refractivity contribution in [3.05, 3.63) is 86.7 Å². The molecular formula is C26H24ClN3O2S. The number of anilines is 1. The molecule has 0 unspecified atom stereocenters. The van der Waals surface area contributed by atoms with Gasteiger partial charge in [-0.15, -0.1) is 0 Å². The Bertz CT molecular complexity index is 1370. The summed E-state index contributed by atoms with van der Waals surface area (Å²) in [5, 5.41) is 3.43. The fraction of sp³-hybridized carbons (Fsp3) is 0.192. The Morgan fingerprint density at radius 1 is 0.939 bits per heavy atom. The first-order valence-corrected chi connectivity index (χ1v) is 11.3. The zero-order chi connectivity index (χ0) is 24.0. The zero-order valence-corrected chi connectivity index (χ0v) is 20.7. The highest BCUT2D eigenvalue weighted by molar-refractivity contribution is 7.80. The van der Waals surface area contributed by atoms with Gasteiger partial charge in [0.05, 0.1) is 5.69 Å². The number of nitrogens with zero attached hydrogens (tertiary/aromatic N) is 2. The number of nitrogens with one attached hydrogen (secondary N) is 1. The average molecular weight is 478 g/mol. The van der Waals surface area contributed by atoms with Crippen LogP contribution in [-0.4, -0.2) is 21.5 Å². The molecule has 5 nitrogen and oxygen atoms in total. The van der Waals surface area contributed by atoms with E-state index in [1.54, 1.807) is 6.08 Å². The number of rotatable bonds is 3. The third-order valence-corrected chi connectivity index (χ3v) is 6.86. The van der Waals surface area contributed by atoms with Gasteiger partial charge in [-0.25, -0.2) is 0 Å². The minimum absolute atomic E-state index is 0.0348. The normalized spacial score (nSPS) is 15.4. The fourth-order valence-corrected chi connectivity index (χ4v) is 4.60. The van der Waals surface area contributed by atoms with Crippen LogP contribution in [0.15, 0.2) is 48.0 Å². The standard InChI is InChI=1S/C26H24ClN3O2S/c1-14-8-6-10-22(16(14)3)30-25(32)20(24(31)28-26(30)33)13-19-12-15(2)29(18(19)5)23-11-7-9-21(27)17(23)4/h6-13H,1-5H3,(H,28,31,33)/b20-13+. The SMILES string of the molecule is Cc1cccc(N2C(=O)/C(=C/c3cc(C)n(-c4cccc(Cl)c4C)c3C)C(=O)NC2=S)c1C. The van der Waals surface area contributed by atoms with Gasteiger partial charge in [0.1, 0.15) is 5.57 Å². The number of carbonyl (C=O) groups excluding carboxylic acids is 2. The molecular weight excluding hydrogens is 454 g/mol. The van der Waals surface area contributed by atoms with Gasteiger partial charge in [-0.05, 0) is 99.4 Å². The lowest BCUT2D eigenvalue weighted by Gasteiger charge is -2.30. The maximum Gasteiger partial charge on any atom is 0.270 e. The second-order valence-corrected chi connectivity index (χ2v) is 9.02. The van der Waals surface area contributed by atoms with Gasteiger partial charge < -0.3 is 4.57 Å². The molecule has 1 aliphatic heterocycles. The Hall–Kier alpha value is -3.22. The molecule has 168 valence electrons. The quantitative estimate of drug-likeness (QED) is 0.307. The summed E-state index contributed by atoms with van der Waals surface area (Å²) in [6.07, 6.45) is 1.64. The summed E-state index contributed by atoms with van der Waals surface area (Å²) >= 11 is 11.7. The molecule has 0 saturated carbocycles. The van der Waals surface area contributed by atoms with Crippen LogP contribution in [0, 0.1) is 34.6 Å². The van der Waals surface area contributed by atoms with Crippen LogP contribution in [0.4, 0.5) is 5.69 Å². The molecule has 1 aliphatic rings. The molecule has 4 rings (SSSR count). The summed E-state index contributed by atoms with van der Waals surface area (Å²) in [4.78, 5) is 27.6. The number of benzene rings is 2. The Morgan fingerprint density at radius 2 is 1.61 bits per heavy atom. The van der Waals surface area contributed by atoms with Crippen molar-refractivity contribution < 1.29 is 9.59 Å². The highest BCUT2D eigenvalue weighted by atomic mass is 35.5. The molecule has 1 saturated heterocycles. The van der Waals surface area contributed by atoms with Gasteiger partial charge in [-0.2, -0.15) is 0 Å². The van der Waals surface area contributed by atoms with Crippen LogP contribution in [0.3, 0.4) is 0 Å². The van der Waals surface area contributed by atoms with Crippen molar-refractivity contribution in [2.45, 2.75) is 34.6 Å². The molecule has 0 atom stereocenters. The van der Waals surface area contributed by atoms with Crippen LogP contribution < -0.4 is 10.2 Å². The summed E-state index contributed by atoms with van der Waals surface area (Å²) in [5.41, 5.74) is 7.22. The first-order chi connectivity index (χ1) is 15.6. The number of aromatic nitrogens is 1. The monoisotopic (exact) mass is 477 g/mol. The molecule has 1 fully saturated rings. The molecule has 7 heteroatoms. The summed E-state index contributed by atoms with van der Waals surface area (Å²) < 4.78 is 2.08. The van der Waals surface area contributed by atoms with E-state index in [4.69, 9.17) is 23.8 Å². The summed E-state index contributed by atoms with van der Waals surface area (Å²) in [5.74, 6) is -0.948. The Balaban J connectivity index is 1.81. The van der Waals surface area contributed by atoms with Crippen LogP contribution in [0.1, 0.15) is 33.6 Å². The molecule has 0 bridgehead atoms. The van der Waals surface area contributed by atoms with E-state index in [2.05, 4.69) is 9.88 Å². The zero-order valence-electron chi connectivity index (χ0n) is 19.1. The van der Waals surface area contributed by atoms with Crippen molar-refractivity contribution in [2.75, 3.05) is 4.90 Å².